The summed E-state index contributed by atoms with van der Waals surface area (Å²) in [6, 6.07) is 7.87. The minimum absolute atomic E-state index is 0.178. The molecule has 0 unspecified atom stereocenters. The fourth-order valence-electron chi connectivity index (χ4n) is 2.35. The molecule has 0 aliphatic carbocycles. The maximum absolute atomic E-state index is 13.0. The Morgan fingerprint density at radius 1 is 1.22 bits per heavy atom. The number of carbonyl (C=O) groups is 1. The van der Waals surface area contributed by atoms with Crippen LogP contribution < -0.4 is 5.32 Å². The number of benzene rings is 1. The third-order valence-corrected chi connectivity index (χ3v) is 3.94. The average molecular weight is 335 g/mol. The van der Waals surface area contributed by atoms with Crippen LogP contribution in [0.3, 0.4) is 0 Å². The van der Waals surface area contributed by atoms with Crippen molar-refractivity contribution < 1.29 is 9.18 Å². The smallest absolute Gasteiger partial charge is 0.271 e. The van der Waals surface area contributed by atoms with E-state index in [0.717, 1.165) is 42.7 Å². The first-order valence-corrected chi connectivity index (χ1v) is 8.44. The zero-order valence-electron chi connectivity index (χ0n) is 13.3. The zero-order valence-corrected chi connectivity index (χ0v) is 14.2. The molecule has 0 atom stereocenters. The van der Waals surface area contributed by atoms with Crippen molar-refractivity contribution in [3.8, 4) is 11.3 Å². The van der Waals surface area contributed by atoms with E-state index >= 15 is 0 Å². The van der Waals surface area contributed by atoms with E-state index in [1.807, 2.05) is 0 Å². The van der Waals surface area contributed by atoms with E-state index in [2.05, 4.69) is 23.0 Å². The van der Waals surface area contributed by atoms with Crippen LogP contribution in [-0.2, 0) is 7.05 Å². The molecular weight excluding hydrogens is 313 g/mol. The van der Waals surface area contributed by atoms with E-state index in [0.29, 0.717) is 12.2 Å². The first-order chi connectivity index (χ1) is 11.1. The van der Waals surface area contributed by atoms with Gasteiger partial charge in [0.2, 0.25) is 0 Å². The van der Waals surface area contributed by atoms with Crippen molar-refractivity contribution in [2.75, 3.05) is 12.3 Å². The van der Waals surface area contributed by atoms with E-state index < -0.39 is 0 Å². The molecule has 0 bridgehead atoms. The Hall–Kier alpha value is -1.82. The van der Waals surface area contributed by atoms with Crippen LogP contribution in [0.1, 0.15) is 36.2 Å². The number of rotatable bonds is 8. The summed E-state index contributed by atoms with van der Waals surface area (Å²) in [5, 5.41) is 7.12. The Morgan fingerprint density at radius 2 is 1.91 bits per heavy atom. The lowest BCUT2D eigenvalue weighted by atomic mass is 10.1. The Balaban J connectivity index is 1.92. The highest BCUT2D eigenvalue weighted by Crippen LogP contribution is 2.20. The quantitative estimate of drug-likeness (QED) is 0.573. The molecule has 0 saturated carbocycles. The molecule has 23 heavy (non-hydrogen) atoms. The number of unbranched alkanes of at least 4 members (excludes halogenated alkanes) is 3. The van der Waals surface area contributed by atoms with Crippen molar-refractivity contribution >= 4 is 18.5 Å². The SMILES string of the molecule is Cn1nc(C(=O)NCCCCCCS)cc1-c1ccc(F)cc1. The lowest BCUT2D eigenvalue weighted by molar-refractivity contribution is 0.0947. The zero-order chi connectivity index (χ0) is 16.7. The summed E-state index contributed by atoms with van der Waals surface area (Å²) in [6.45, 7) is 0.647. The lowest BCUT2D eigenvalue weighted by Crippen LogP contribution is -2.24. The number of hydrogen-bond donors (Lipinski definition) is 2. The van der Waals surface area contributed by atoms with E-state index in [1.165, 1.54) is 12.1 Å². The summed E-state index contributed by atoms with van der Waals surface area (Å²) in [4.78, 5) is 12.1. The van der Waals surface area contributed by atoms with Crippen molar-refractivity contribution in [2.24, 2.45) is 7.05 Å². The number of nitrogens with zero attached hydrogens (tertiary/aromatic N) is 2. The molecule has 0 saturated heterocycles. The van der Waals surface area contributed by atoms with Crippen LogP contribution in [0.2, 0.25) is 0 Å². The fourth-order valence-corrected chi connectivity index (χ4v) is 2.58. The van der Waals surface area contributed by atoms with Crippen molar-refractivity contribution in [2.45, 2.75) is 25.7 Å². The Morgan fingerprint density at radius 3 is 2.61 bits per heavy atom. The Kier molecular flexibility index (Phi) is 6.65. The normalized spacial score (nSPS) is 10.7. The number of aryl methyl sites for hydroxylation is 1. The minimum atomic E-state index is -0.285. The summed E-state index contributed by atoms with van der Waals surface area (Å²) in [6.07, 6.45) is 4.29. The van der Waals surface area contributed by atoms with Gasteiger partial charge in [0, 0.05) is 13.6 Å². The summed E-state index contributed by atoms with van der Waals surface area (Å²) in [5.74, 6) is 0.446. The second-order valence-electron chi connectivity index (χ2n) is 5.44. The molecular formula is C17H22FN3OS. The highest BCUT2D eigenvalue weighted by atomic mass is 32.1. The first-order valence-electron chi connectivity index (χ1n) is 7.81. The van der Waals surface area contributed by atoms with E-state index in [-0.39, 0.29) is 11.7 Å². The molecule has 4 nitrogen and oxygen atoms in total. The summed E-state index contributed by atoms with van der Waals surface area (Å²) >= 11 is 4.17. The number of thiol groups is 1. The number of nitrogens with one attached hydrogen (secondary N) is 1. The average Bonchev–Trinajstić information content (AvgIpc) is 2.93. The van der Waals surface area contributed by atoms with Crippen molar-refractivity contribution in [3.05, 3.63) is 41.8 Å². The highest BCUT2D eigenvalue weighted by Gasteiger charge is 2.13. The van der Waals surface area contributed by atoms with Crippen molar-refractivity contribution in [1.29, 1.82) is 0 Å². The lowest BCUT2D eigenvalue weighted by Gasteiger charge is -2.02. The van der Waals surface area contributed by atoms with Gasteiger partial charge in [0.1, 0.15) is 5.82 Å². The van der Waals surface area contributed by atoms with E-state index in [9.17, 15) is 9.18 Å². The predicted molar refractivity (Wildman–Crippen MR) is 93.3 cm³/mol. The van der Waals surface area contributed by atoms with Crippen molar-refractivity contribution in [1.82, 2.24) is 15.1 Å². The van der Waals surface area contributed by atoms with Crippen LogP contribution in [0.15, 0.2) is 30.3 Å². The van der Waals surface area contributed by atoms with Gasteiger partial charge in [0.25, 0.3) is 5.91 Å². The van der Waals surface area contributed by atoms with Gasteiger partial charge >= 0.3 is 0 Å². The van der Waals surface area contributed by atoms with Gasteiger partial charge in [-0.15, -0.1) is 0 Å². The standard InChI is InChI=1S/C17H22FN3OS/c1-21-16(13-6-8-14(18)9-7-13)12-15(20-21)17(22)19-10-4-2-3-5-11-23/h6-9,12,23H,2-5,10-11H2,1H3,(H,19,22). The molecule has 1 aromatic carbocycles. The molecule has 0 radical (unpaired) electrons. The van der Waals surface area contributed by atoms with Gasteiger partial charge in [-0.1, -0.05) is 12.8 Å². The Bertz CT molecular complexity index is 640. The summed E-state index contributed by atoms with van der Waals surface area (Å²) < 4.78 is 14.6. The molecule has 2 rings (SSSR count). The number of aromatic nitrogens is 2. The molecule has 0 fully saturated rings. The van der Waals surface area contributed by atoms with E-state index in [1.54, 1.807) is 29.9 Å². The second kappa shape index (κ2) is 8.72. The molecule has 124 valence electrons. The van der Waals surface area contributed by atoms with Gasteiger partial charge in [0.15, 0.2) is 5.69 Å². The maximum atomic E-state index is 13.0. The topological polar surface area (TPSA) is 46.9 Å². The molecule has 2 aromatic rings. The van der Waals surface area contributed by atoms with Crippen LogP contribution in [0.5, 0.6) is 0 Å². The van der Waals surface area contributed by atoms with Gasteiger partial charge in [-0.3, -0.25) is 9.48 Å². The van der Waals surface area contributed by atoms with Gasteiger partial charge in [0.05, 0.1) is 5.69 Å². The van der Waals surface area contributed by atoms with Crippen LogP contribution in [0.25, 0.3) is 11.3 Å². The third kappa shape index (κ3) is 5.10. The molecule has 1 aromatic heterocycles. The molecule has 0 spiro atoms. The summed E-state index contributed by atoms with van der Waals surface area (Å²) in [7, 11) is 1.77. The van der Waals surface area contributed by atoms with Crippen LogP contribution in [0, 0.1) is 5.82 Å². The van der Waals surface area contributed by atoms with Crippen LogP contribution in [0.4, 0.5) is 4.39 Å². The highest BCUT2D eigenvalue weighted by molar-refractivity contribution is 7.80. The molecule has 0 aliphatic heterocycles. The molecule has 1 N–H and O–H groups in total. The first kappa shape index (κ1) is 17.5. The van der Waals surface area contributed by atoms with Crippen molar-refractivity contribution in [3.63, 3.8) is 0 Å². The number of halogens is 1. The maximum Gasteiger partial charge on any atom is 0.271 e. The number of carbonyl (C=O) groups excluding carboxylic acids is 1. The molecule has 1 amide bonds. The van der Waals surface area contributed by atoms with Crippen LogP contribution >= 0.6 is 12.6 Å². The molecule has 6 heteroatoms. The number of amides is 1. The monoisotopic (exact) mass is 335 g/mol. The fraction of sp³-hybridized carbons (Fsp3) is 0.412. The Labute approximate surface area is 141 Å². The molecule has 0 aliphatic rings. The third-order valence-electron chi connectivity index (χ3n) is 3.62. The second-order valence-corrected chi connectivity index (χ2v) is 5.89. The summed E-state index contributed by atoms with van der Waals surface area (Å²) in [5.41, 5.74) is 1.98. The number of hydrogen-bond acceptors (Lipinski definition) is 3. The van der Waals surface area contributed by atoms with Gasteiger partial charge in [-0.05, 0) is 54.5 Å². The van der Waals surface area contributed by atoms with E-state index in [4.69, 9.17) is 0 Å². The van der Waals surface area contributed by atoms with Gasteiger partial charge in [-0.25, -0.2) is 4.39 Å². The minimum Gasteiger partial charge on any atom is -0.351 e. The molecule has 1 heterocycles. The predicted octanol–water partition coefficient (Wildman–Crippen LogP) is 3.45. The van der Waals surface area contributed by atoms with Gasteiger partial charge < -0.3 is 5.32 Å². The largest absolute Gasteiger partial charge is 0.351 e. The van der Waals surface area contributed by atoms with Crippen LogP contribution in [-0.4, -0.2) is 28.0 Å². The van der Waals surface area contributed by atoms with Gasteiger partial charge in [-0.2, -0.15) is 17.7 Å².